The lowest BCUT2D eigenvalue weighted by Gasteiger charge is -2.11. The molecule has 0 amide bonds. The molecule has 0 saturated carbocycles. The highest BCUT2D eigenvalue weighted by molar-refractivity contribution is 5.20. The summed E-state index contributed by atoms with van der Waals surface area (Å²) in [7, 11) is 0. The van der Waals surface area contributed by atoms with Gasteiger partial charge in [0.1, 0.15) is 12.4 Å². The smallest absolute Gasteiger partial charge is 0.119 e. The Kier molecular flexibility index (Phi) is 30.1. The Morgan fingerprint density at radius 3 is 1.33 bits per heavy atom. The molecule has 0 N–H and O–H groups in total. The van der Waals surface area contributed by atoms with Gasteiger partial charge in [-0.15, -0.1) is 0 Å². The van der Waals surface area contributed by atoms with Crippen LogP contribution in [0.3, 0.4) is 0 Å². The summed E-state index contributed by atoms with van der Waals surface area (Å²) < 4.78 is 16.4. The van der Waals surface area contributed by atoms with E-state index >= 15 is 0 Å². The van der Waals surface area contributed by atoms with Crippen molar-refractivity contribution in [2.24, 2.45) is 17.8 Å². The fraction of sp³-hybridized carbons (Fsp3) is 0.800. The van der Waals surface area contributed by atoms with Gasteiger partial charge in [0.05, 0.1) is 18.8 Å². The van der Waals surface area contributed by atoms with Crippen molar-refractivity contribution in [3.8, 4) is 5.75 Å². The fourth-order valence-corrected chi connectivity index (χ4v) is 1.52. The van der Waals surface area contributed by atoms with Crippen LogP contribution in [0.4, 0.5) is 0 Å². The summed E-state index contributed by atoms with van der Waals surface area (Å²) in [6.45, 7) is 28.2. The number of ether oxygens (including phenoxy) is 3. The largest absolute Gasteiger partial charge is 0.491 e. The van der Waals surface area contributed by atoms with E-state index in [0.717, 1.165) is 37.0 Å². The van der Waals surface area contributed by atoms with Gasteiger partial charge in [0.25, 0.3) is 0 Å². The van der Waals surface area contributed by atoms with E-state index in [-0.39, 0.29) is 0 Å². The van der Waals surface area contributed by atoms with Gasteiger partial charge in [0, 0.05) is 6.61 Å². The van der Waals surface area contributed by atoms with E-state index in [1.807, 2.05) is 30.3 Å². The lowest BCUT2D eigenvalue weighted by Crippen LogP contribution is -2.13. The maximum Gasteiger partial charge on any atom is 0.119 e. The van der Waals surface area contributed by atoms with Crippen molar-refractivity contribution in [3.05, 3.63) is 30.3 Å². The van der Waals surface area contributed by atoms with Crippen LogP contribution in [0.15, 0.2) is 30.3 Å². The minimum Gasteiger partial charge on any atom is -0.491 e. The maximum atomic E-state index is 5.49. The van der Waals surface area contributed by atoms with Crippen molar-refractivity contribution >= 4 is 0 Å². The Bertz CT molecular complexity index is 449. The molecule has 3 heteroatoms. The van der Waals surface area contributed by atoms with Crippen LogP contribution in [0.25, 0.3) is 0 Å². The maximum absolute atomic E-state index is 5.49. The molecule has 0 aromatic heterocycles. The summed E-state index contributed by atoms with van der Waals surface area (Å²) in [6, 6.07) is 9.80. The van der Waals surface area contributed by atoms with Crippen LogP contribution in [-0.2, 0) is 9.47 Å². The van der Waals surface area contributed by atoms with Crippen molar-refractivity contribution < 1.29 is 14.2 Å². The second kappa shape index (κ2) is 27.2. The summed E-state index contributed by atoms with van der Waals surface area (Å²) in [5.74, 6) is 3.34. The van der Waals surface area contributed by atoms with E-state index in [9.17, 15) is 0 Å². The molecule has 0 aliphatic rings. The van der Waals surface area contributed by atoms with Gasteiger partial charge >= 0.3 is 0 Å². The molecule has 0 bridgehead atoms. The number of benzene rings is 1. The third-order valence-electron chi connectivity index (χ3n) is 4.99. The van der Waals surface area contributed by atoms with E-state index in [1.165, 1.54) is 12.8 Å². The number of rotatable bonds is 12. The fourth-order valence-electron chi connectivity index (χ4n) is 1.52. The Balaban J connectivity index is -0.000000407. The number of hydrogen-bond acceptors (Lipinski definition) is 3. The summed E-state index contributed by atoms with van der Waals surface area (Å²) in [6.07, 6.45) is 5.54. The SMILES string of the molecule is CCC(C)C.CCC(C)C.CCC(C)OCC(C)C.CCC(C)OCCOc1ccccc1. The molecule has 1 rings (SSSR count). The molecule has 0 aliphatic carbocycles. The summed E-state index contributed by atoms with van der Waals surface area (Å²) >= 11 is 0. The Morgan fingerprint density at radius 1 is 0.545 bits per heavy atom. The normalized spacial score (nSPS) is 12.1. The molecule has 0 fully saturated rings. The van der Waals surface area contributed by atoms with Gasteiger partial charge in [-0.05, 0) is 56.6 Å². The third-order valence-corrected chi connectivity index (χ3v) is 4.99. The molecule has 2 unspecified atom stereocenters. The standard InChI is InChI=1S/C12H18O2.C8H18O.2C5H12/c1-3-11(2)13-9-10-14-12-7-5-4-6-8-12;1-5-8(4)9-6-7(2)3;2*1-4-5(2)3/h4-8,11H,3,9-10H2,1-2H3;7-8H,5-6H2,1-4H3;2*5H,4H2,1-3H3. The van der Waals surface area contributed by atoms with Gasteiger partial charge in [-0.2, -0.15) is 0 Å². The summed E-state index contributed by atoms with van der Waals surface area (Å²) in [5.41, 5.74) is 0. The first-order chi connectivity index (χ1) is 15.5. The van der Waals surface area contributed by atoms with E-state index in [2.05, 4.69) is 83.1 Å². The summed E-state index contributed by atoms with van der Waals surface area (Å²) in [5, 5.41) is 0. The molecule has 0 heterocycles. The summed E-state index contributed by atoms with van der Waals surface area (Å²) in [4.78, 5) is 0. The van der Waals surface area contributed by atoms with Crippen molar-refractivity contribution in [3.63, 3.8) is 0 Å². The van der Waals surface area contributed by atoms with Gasteiger partial charge in [-0.25, -0.2) is 0 Å². The average molecular weight is 469 g/mol. The quantitative estimate of drug-likeness (QED) is 0.286. The molecule has 33 heavy (non-hydrogen) atoms. The molecule has 0 spiro atoms. The first-order valence-electron chi connectivity index (χ1n) is 13.4. The number of hydrogen-bond donors (Lipinski definition) is 0. The molecule has 2 atom stereocenters. The van der Waals surface area contributed by atoms with Gasteiger partial charge in [0.15, 0.2) is 0 Å². The Labute approximate surface area is 209 Å². The first-order valence-corrected chi connectivity index (χ1v) is 13.4. The van der Waals surface area contributed by atoms with Crippen molar-refractivity contribution in [2.45, 2.75) is 121 Å². The highest BCUT2D eigenvalue weighted by Crippen LogP contribution is 2.08. The second-order valence-corrected chi connectivity index (χ2v) is 9.80. The first kappa shape index (κ1) is 36.5. The minimum absolute atomic E-state index is 0.328. The van der Waals surface area contributed by atoms with E-state index < -0.39 is 0 Å². The highest BCUT2D eigenvalue weighted by atomic mass is 16.5. The van der Waals surface area contributed by atoms with Gasteiger partial charge in [0.2, 0.25) is 0 Å². The monoisotopic (exact) mass is 468 g/mol. The molecular weight excluding hydrogens is 408 g/mol. The topological polar surface area (TPSA) is 27.7 Å². The van der Waals surface area contributed by atoms with Crippen LogP contribution in [0, 0.1) is 17.8 Å². The molecule has 0 aliphatic heterocycles. The predicted octanol–water partition coefficient (Wildman–Crippen LogP) is 9.44. The lowest BCUT2D eigenvalue weighted by atomic mass is 10.2. The molecule has 0 saturated heterocycles. The lowest BCUT2D eigenvalue weighted by molar-refractivity contribution is 0.0427. The molecular formula is C30H60O3. The van der Waals surface area contributed by atoms with Crippen molar-refractivity contribution in [1.82, 2.24) is 0 Å². The average Bonchev–Trinajstić information content (AvgIpc) is 2.81. The van der Waals surface area contributed by atoms with Crippen LogP contribution in [0.1, 0.15) is 109 Å². The van der Waals surface area contributed by atoms with E-state index in [1.54, 1.807) is 0 Å². The zero-order chi connectivity index (χ0) is 26.1. The predicted molar refractivity (Wildman–Crippen MR) is 148 cm³/mol. The second-order valence-electron chi connectivity index (χ2n) is 9.80. The molecule has 1 aromatic carbocycles. The minimum atomic E-state index is 0.328. The Morgan fingerprint density at radius 2 is 0.970 bits per heavy atom. The zero-order valence-electron chi connectivity index (χ0n) is 24.4. The van der Waals surface area contributed by atoms with Crippen molar-refractivity contribution in [1.29, 1.82) is 0 Å². The molecule has 0 radical (unpaired) electrons. The van der Waals surface area contributed by atoms with Crippen LogP contribution >= 0.6 is 0 Å². The molecule has 3 nitrogen and oxygen atoms in total. The van der Waals surface area contributed by atoms with Crippen molar-refractivity contribution in [2.75, 3.05) is 19.8 Å². The molecule has 1 aromatic rings. The third kappa shape index (κ3) is 35.7. The van der Waals surface area contributed by atoms with Gasteiger partial charge in [-0.3, -0.25) is 0 Å². The van der Waals surface area contributed by atoms with E-state index in [0.29, 0.717) is 31.3 Å². The van der Waals surface area contributed by atoms with Crippen LogP contribution < -0.4 is 4.74 Å². The highest BCUT2D eigenvalue weighted by Gasteiger charge is 1.99. The number of para-hydroxylation sites is 1. The molecule has 198 valence electrons. The van der Waals surface area contributed by atoms with Crippen LogP contribution in [0.2, 0.25) is 0 Å². The van der Waals surface area contributed by atoms with Crippen LogP contribution in [0.5, 0.6) is 5.75 Å². The van der Waals surface area contributed by atoms with Crippen LogP contribution in [-0.4, -0.2) is 32.0 Å². The van der Waals surface area contributed by atoms with E-state index in [4.69, 9.17) is 14.2 Å². The van der Waals surface area contributed by atoms with Gasteiger partial charge in [-0.1, -0.05) is 100 Å². The zero-order valence-corrected chi connectivity index (χ0v) is 24.4. The Hall–Kier alpha value is -1.06. The van der Waals surface area contributed by atoms with Gasteiger partial charge < -0.3 is 14.2 Å².